The van der Waals surface area contributed by atoms with Gasteiger partial charge in [0.1, 0.15) is 0 Å². The molecule has 1 amide bonds. The lowest BCUT2D eigenvalue weighted by Gasteiger charge is -2.13. The number of halogens is 1. The van der Waals surface area contributed by atoms with E-state index in [1.807, 2.05) is 11.3 Å². The molecule has 0 bridgehead atoms. The molecule has 1 aromatic heterocycles. The first-order valence-electron chi connectivity index (χ1n) is 8.07. The highest BCUT2D eigenvalue weighted by atomic mass is 35.5. The van der Waals surface area contributed by atoms with E-state index in [1.165, 1.54) is 34.8 Å². The molecule has 4 nitrogen and oxygen atoms in total. The third-order valence-corrected chi connectivity index (χ3v) is 5.04. The van der Waals surface area contributed by atoms with Crippen molar-refractivity contribution in [1.29, 1.82) is 0 Å². The molecule has 6 heteroatoms. The van der Waals surface area contributed by atoms with Gasteiger partial charge in [0.15, 0.2) is 0 Å². The normalized spacial score (nSPS) is 15.1. The SMILES string of the molecule is CC(C)C[C@H](N)C(=O)NCCCc1nc2c(s1)CCCC2.Cl. The molecule has 1 atom stereocenters. The summed E-state index contributed by atoms with van der Waals surface area (Å²) in [6, 6.07) is -0.378. The van der Waals surface area contributed by atoms with E-state index in [-0.39, 0.29) is 24.4 Å². The van der Waals surface area contributed by atoms with Crippen LogP contribution in [0, 0.1) is 5.92 Å². The maximum atomic E-state index is 11.8. The van der Waals surface area contributed by atoms with Crippen LogP contribution in [-0.4, -0.2) is 23.5 Å². The molecule has 0 saturated heterocycles. The van der Waals surface area contributed by atoms with Crippen molar-refractivity contribution in [1.82, 2.24) is 10.3 Å². The lowest BCUT2D eigenvalue weighted by molar-refractivity contribution is -0.122. The van der Waals surface area contributed by atoms with Gasteiger partial charge in [0.2, 0.25) is 5.91 Å². The molecular weight excluding hydrogens is 318 g/mol. The lowest BCUT2D eigenvalue weighted by Crippen LogP contribution is -2.41. The number of nitrogens with one attached hydrogen (secondary N) is 1. The summed E-state index contributed by atoms with van der Waals surface area (Å²) in [6.45, 7) is 4.85. The highest BCUT2D eigenvalue weighted by Crippen LogP contribution is 2.27. The summed E-state index contributed by atoms with van der Waals surface area (Å²) in [6.07, 6.45) is 7.56. The third kappa shape index (κ3) is 5.86. The van der Waals surface area contributed by atoms with Crippen LogP contribution in [-0.2, 0) is 24.1 Å². The maximum Gasteiger partial charge on any atom is 0.236 e. The molecule has 0 radical (unpaired) electrons. The number of fused-ring (bicyclic) bond motifs is 1. The molecule has 1 aliphatic rings. The molecule has 0 aromatic carbocycles. The largest absolute Gasteiger partial charge is 0.355 e. The Labute approximate surface area is 143 Å². The molecular formula is C16H28ClN3OS. The predicted molar refractivity (Wildman–Crippen MR) is 94.8 cm³/mol. The van der Waals surface area contributed by atoms with Gasteiger partial charge < -0.3 is 11.1 Å². The molecule has 1 aromatic rings. The number of nitrogens with zero attached hydrogens (tertiary/aromatic N) is 1. The highest BCUT2D eigenvalue weighted by molar-refractivity contribution is 7.11. The number of aryl methyl sites for hydroxylation is 3. The van der Waals surface area contributed by atoms with Crippen molar-refractivity contribution in [2.45, 2.75) is 64.8 Å². The van der Waals surface area contributed by atoms with Gasteiger partial charge in [-0.25, -0.2) is 4.98 Å². The minimum Gasteiger partial charge on any atom is -0.355 e. The third-order valence-electron chi connectivity index (χ3n) is 3.82. The summed E-state index contributed by atoms with van der Waals surface area (Å²) in [7, 11) is 0. The fourth-order valence-corrected chi connectivity index (χ4v) is 3.91. The van der Waals surface area contributed by atoms with Crippen molar-refractivity contribution < 1.29 is 4.79 Å². The first-order valence-corrected chi connectivity index (χ1v) is 8.88. The summed E-state index contributed by atoms with van der Waals surface area (Å²) in [5, 5.41) is 4.16. The Kier molecular flexibility index (Phi) is 8.36. The smallest absolute Gasteiger partial charge is 0.236 e. The van der Waals surface area contributed by atoms with Crippen molar-refractivity contribution in [3.63, 3.8) is 0 Å². The van der Waals surface area contributed by atoms with Gasteiger partial charge in [0.05, 0.1) is 16.7 Å². The van der Waals surface area contributed by atoms with Gasteiger partial charge in [-0.1, -0.05) is 13.8 Å². The van der Waals surface area contributed by atoms with Crippen LogP contribution >= 0.6 is 23.7 Å². The molecule has 0 spiro atoms. The summed E-state index contributed by atoms with van der Waals surface area (Å²) >= 11 is 1.86. The molecule has 0 fully saturated rings. The minimum atomic E-state index is -0.378. The number of amides is 1. The summed E-state index contributed by atoms with van der Waals surface area (Å²) in [5.74, 6) is 0.425. The van der Waals surface area contributed by atoms with Crippen LogP contribution in [0.4, 0.5) is 0 Å². The Morgan fingerprint density at radius 3 is 2.77 bits per heavy atom. The van der Waals surface area contributed by atoms with E-state index >= 15 is 0 Å². The molecule has 126 valence electrons. The second-order valence-electron chi connectivity index (χ2n) is 6.32. The highest BCUT2D eigenvalue weighted by Gasteiger charge is 2.16. The molecule has 1 aliphatic carbocycles. The van der Waals surface area contributed by atoms with Crippen LogP contribution in [0.1, 0.15) is 55.1 Å². The molecule has 0 unspecified atom stereocenters. The molecule has 2 rings (SSSR count). The topological polar surface area (TPSA) is 68.0 Å². The van der Waals surface area contributed by atoms with Gasteiger partial charge in [-0.15, -0.1) is 23.7 Å². The Balaban J connectivity index is 0.00000242. The van der Waals surface area contributed by atoms with Crippen molar-refractivity contribution in [3.8, 4) is 0 Å². The molecule has 3 N–H and O–H groups in total. The Morgan fingerprint density at radius 2 is 2.09 bits per heavy atom. The number of hydrogen-bond donors (Lipinski definition) is 2. The van der Waals surface area contributed by atoms with E-state index in [0.717, 1.165) is 25.7 Å². The number of aromatic nitrogens is 1. The number of hydrogen-bond acceptors (Lipinski definition) is 4. The summed E-state index contributed by atoms with van der Waals surface area (Å²) in [4.78, 5) is 18.0. The van der Waals surface area contributed by atoms with Crippen LogP contribution < -0.4 is 11.1 Å². The fourth-order valence-electron chi connectivity index (χ4n) is 2.71. The van der Waals surface area contributed by atoms with E-state index in [4.69, 9.17) is 10.7 Å². The van der Waals surface area contributed by atoms with Gasteiger partial charge in [-0.2, -0.15) is 0 Å². The van der Waals surface area contributed by atoms with Crippen molar-refractivity contribution >= 4 is 29.7 Å². The summed E-state index contributed by atoms with van der Waals surface area (Å²) < 4.78 is 0. The van der Waals surface area contributed by atoms with Crippen molar-refractivity contribution in [2.24, 2.45) is 11.7 Å². The van der Waals surface area contributed by atoms with Crippen LogP contribution in [0.3, 0.4) is 0 Å². The van der Waals surface area contributed by atoms with Crippen molar-refractivity contribution in [3.05, 3.63) is 15.6 Å². The van der Waals surface area contributed by atoms with Crippen LogP contribution in [0.15, 0.2) is 0 Å². The second kappa shape index (κ2) is 9.48. The van der Waals surface area contributed by atoms with E-state index < -0.39 is 0 Å². The zero-order valence-electron chi connectivity index (χ0n) is 13.6. The first-order chi connectivity index (χ1) is 10.1. The van der Waals surface area contributed by atoms with Crippen LogP contribution in [0.2, 0.25) is 0 Å². The lowest BCUT2D eigenvalue weighted by atomic mass is 10.0. The number of rotatable bonds is 7. The number of nitrogens with two attached hydrogens (primary N) is 1. The maximum absolute atomic E-state index is 11.8. The van der Waals surface area contributed by atoms with Crippen molar-refractivity contribution in [2.75, 3.05) is 6.54 Å². The Hall–Kier alpha value is -0.650. The average Bonchev–Trinajstić information content (AvgIpc) is 2.85. The molecule has 1 heterocycles. The zero-order valence-corrected chi connectivity index (χ0v) is 15.2. The average molecular weight is 346 g/mol. The zero-order chi connectivity index (χ0) is 15.2. The van der Waals surface area contributed by atoms with E-state index in [2.05, 4.69) is 19.2 Å². The minimum absolute atomic E-state index is 0. The van der Waals surface area contributed by atoms with Gasteiger partial charge in [0.25, 0.3) is 0 Å². The van der Waals surface area contributed by atoms with E-state index in [1.54, 1.807) is 0 Å². The molecule has 0 saturated carbocycles. The van der Waals surface area contributed by atoms with Gasteiger partial charge >= 0.3 is 0 Å². The standard InChI is InChI=1S/C16H27N3OS.ClH/c1-11(2)10-12(17)16(20)18-9-5-8-15-19-13-6-3-4-7-14(13)21-15;/h11-12H,3-10,17H2,1-2H3,(H,18,20);1H/t12-;/m0./s1. The first kappa shape index (κ1) is 19.4. The monoisotopic (exact) mass is 345 g/mol. The number of carbonyl (C=O) groups is 1. The summed E-state index contributed by atoms with van der Waals surface area (Å²) in [5.41, 5.74) is 7.18. The number of thiazole rings is 1. The Morgan fingerprint density at radius 1 is 1.36 bits per heavy atom. The number of carbonyl (C=O) groups excluding carboxylic acids is 1. The van der Waals surface area contributed by atoms with Gasteiger partial charge in [-0.05, 0) is 44.4 Å². The van der Waals surface area contributed by atoms with Crippen LogP contribution in [0.25, 0.3) is 0 Å². The fraction of sp³-hybridized carbons (Fsp3) is 0.750. The quantitative estimate of drug-likeness (QED) is 0.746. The molecule has 0 aliphatic heterocycles. The predicted octanol–water partition coefficient (Wildman–Crippen LogP) is 2.87. The molecule has 22 heavy (non-hydrogen) atoms. The van der Waals surface area contributed by atoms with Gasteiger partial charge in [-0.3, -0.25) is 4.79 Å². The van der Waals surface area contributed by atoms with E-state index in [0.29, 0.717) is 12.5 Å². The van der Waals surface area contributed by atoms with E-state index in [9.17, 15) is 4.79 Å². The van der Waals surface area contributed by atoms with Crippen LogP contribution in [0.5, 0.6) is 0 Å². The Bertz CT molecular complexity index is 452. The van der Waals surface area contributed by atoms with Gasteiger partial charge in [0, 0.05) is 17.8 Å². The second-order valence-corrected chi connectivity index (χ2v) is 7.48.